The van der Waals surface area contributed by atoms with E-state index in [4.69, 9.17) is 21.1 Å². The summed E-state index contributed by atoms with van der Waals surface area (Å²) in [5.74, 6) is 1.97. The summed E-state index contributed by atoms with van der Waals surface area (Å²) >= 11 is 6.41. The van der Waals surface area contributed by atoms with Gasteiger partial charge in [-0.05, 0) is 73.7 Å². The summed E-state index contributed by atoms with van der Waals surface area (Å²) in [6.45, 7) is 5.05. The Labute approximate surface area is 231 Å². The van der Waals surface area contributed by atoms with E-state index in [2.05, 4.69) is 64.6 Å². The molecule has 1 saturated heterocycles. The number of piperidine rings is 1. The molecule has 2 unspecified atom stereocenters. The van der Waals surface area contributed by atoms with Crippen molar-refractivity contribution in [3.8, 4) is 0 Å². The standard InChI is InChI=1S/C30H39ClN4O3/c1-7-19(2)38-28-18-25-20(16-27(28)37-6)14-15-35(23-11-9-22(10-12-23)34(4)5)29(25)24-13-8-21(31)17-26(24)33-30(36)32-3/h8-13,17-20,29H,7,14-16H2,1-6H3,(H2,32,33,36)/t19-,20?,29?/m1/s1. The summed E-state index contributed by atoms with van der Waals surface area (Å²) in [5, 5.41) is 6.22. The number of hydrogen-bond acceptors (Lipinski definition) is 5. The van der Waals surface area contributed by atoms with Crippen molar-refractivity contribution in [3.63, 3.8) is 0 Å². The highest BCUT2D eigenvalue weighted by Crippen LogP contribution is 2.49. The minimum Gasteiger partial charge on any atom is -0.497 e. The second-order valence-corrected chi connectivity index (χ2v) is 10.5. The Morgan fingerprint density at radius 1 is 1.21 bits per heavy atom. The molecule has 0 spiro atoms. The van der Waals surface area contributed by atoms with Gasteiger partial charge in [-0.3, -0.25) is 0 Å². The SMILES string of the molecule is CC[C@@H](C)OC1=C(OC)CC2CCN(c3ccc(N(C)C)cc3)C(c3ccc(Cl)cc3NC(=O)NC)C2=C1. The summed E-state index contributed by atoms with van der Waals surface area (Å²) in [6.07, 6.45) is 4.90. The molecular formula is C30H39ClN4O3. The van der Waals surface area contributed by atoms with Crippen molar-refractivity contribution in [2.45, 2.75) is 45.3 Å². The Morgan fingerprint density at radius 2 is 1.95 bits per heavy atom. The van der Waals surface area contributed by atoms with Crippen LogP contribution in [0.4, 0.5) is 21.9 Å². The Hall–Kier alpha value is -3.32. The number of nitrogens with one attached hydrogen (secondary N) is 2. The zero-order valence-electron chi connectivity index (χ0n) is 23.2. The lowest BCUT2D eigenvalue weighted by Gasteiger charge is -2.45. The van der Waals surface area contributed by atoms with Crippen molar-refractivity contribution in [2.24, 2.45) is 5.92 Å². The van der Waals surface area contributed by atoms with Crippen molar-refractivity contribution in [1.29, 1.82) is 0 Å². The van der Waals surface area contributed by atoms with E-state index >= 15 is 0 Å². The molecule has 2 N–H and O–H groups in total. The number of hydrogen-bond donors (Lipinski definition) is 2. The van der Waals surface area contributed by atoms with E-state index in [-0.39, 0.29) is 18.2 Å². The van der Waals surface area contributed by atoms with Gasteiger partial charge >= 0.3 is 6.03 Å². The number of nitrogens with zero attached hydrogens (tertiary/aromatic N) is 2. The molecule has 0 radical (unpaired) electrons. The predicted octanol–water partition coefficient (Wildman–Crippen LogP) is 6.73. The van der Waals surface area contributed by atoms with Crippen LogP contribution in [0.15, 0.2) is 65.6 Å². The van der Waals surface area contributed by atoms with Gasteiger partial charge < -0.3 is 29.9 Å². The Bertz CT molecular complexity index is 1210. The highest BCUT2D eigenvalue weighted by Gasteiger charge is 2.39. The fraction of sp³-hybridized carbons (Fsp3) is 0.433. The smallest absolute Gasteiger partial charge is 0.318 e. The Kier molecular flexibility index (Phi) is 8.77. The third kappa shape index (κ3) is 5.88. The van der Waals surface area contributed by atoms with E-state index < -0.39 is 0 Å². The lowest BCUT2D eigenvalue weighted by atomic mass is 9.76. The summed E-state index contributed by atoms with van der Waals surface area (Å²) in [7, 11) is 7.41. The third-order valence-electron chi connectivity index (χ3n) is 7.45. The number of carbonyl (C=O) groups excluding carboxylic acids is 1. The molecule has 4 rings (SSSR count). The average molecular weight is 539 g/mol. The van der Waals surface area contributed by atoms with E-state index in [1.54, 1.807) is 14.2 Å². The number of amides is 2. The molecule has 2 amide bonds. The van der Waals surface area contributed by atoms with Gasteiger partial charge in [0.25, 0.3) is 0 Å². The number of halogens is 1. The van der Waals surface area contributed by atoms with Gasteiger partial charge in [0, 0.05) is 61.8 Å². The van der Waals surface area contributed by atoms with Gasteiger partial charge in [0.05, 0.1) is 19.3 Å². The van der Waals surface area contributed by atoms with E-state index in [0.29, 0.717) is 16.6 Å². The molecule has 2 aromatic rings. The van der Waals surface area contributed by atoms with Crippen molar-refractivity contribution >= 4 is 34.7 Å². The molecule has 204 valence electrons. The van der Waals surface area contributed by atoms with Crippen LogP contribution in [0, 0.1) is 5.92 Å². The van der Waals surface area contributed by atoms with Crippen LogP contribution in [-0.2, 0) is 9.47 Å². The second kappa shape index (κ2) is 12.0. The molecule has 1 heterocycles. The number of carbonyl (C=O) groups is 1. The first-order valence-electron chi connectivity index (χ1n) is 13.2. The Balaban J connectivity index is 1.87. The molecule has 1 fully saturated rings. The maximum absolute atomic E-state index is 12.4. The fourth-order valence-corrected chi connectivity index (χ4v) is 5.35. The van der Waals surface area contributed by atoms with Gasteiger partial charge in [-0.15, -0.1) is 0 Å². The molecule has 8 heteroatoms. The predicted molar refractivity (Wildman–Crippen MR) is 156 cm³/mol. The topological polar surface area (TPSA) is 66.1 Å². The average Bonchev–Trinajstić information content (AvgIpc) is 2.92. The molecule has 38 heavy (non-hydrogen) atoms. The molecule has 1 aliphatic carbocycles. The van der Waals surface area contributed by atoms with Crippen LogP contribution in [-0.4, -0.2) is 46.9 Å². The van der Waals surface area contributed by atoms with Crippen LogP contribution in [0.25, 0.3) is 0 Å². The van der Waals surface area contributed by atoms with Crippen molar-refractivity contribution < 1.29 is 14.3 Å². The third-order valence-corrected chi connectivity index (χ3v) is 7.69. The molecule has 0 saturated carbocycles. The van der Waals surface area contributed by atoms with E-state index in [1.807, 2.05) is 32.3 Å². The molecule has 1 aliphatic heterocycles. The van der Waals surface area contributed by atoms with Crippen LogP contribution in [0.1, 0.15) is 44.7 Å². The van der Waals surface area contributed by atoms with Crippen LogP contribution < -0.4 is 20.4 Å². The largest absolute Gasteiger partial charge is 0.497 e. The quantitative estimate of drug-likeness (QED) is 0.390. The van der Waals surface area contributed by atoms with Crippen LogP contribution in [0.2, 0.25) is 5.02 Å². The van der Waals surface area contributed by atoms with E-state index in [9.17, 15) is 4.79 Å². The summed E-state index contributed by atoms with van der Waals surface area (Å²) in [5.41, 5.74) is 5.17. The maximum atomic E-state index is 12.4. The zero-order chi connectivity index (χ0) is 27.4. The van der Waals surface area contributed by atoms with Gasteiger partial charge in [-0.25, -0.2) is 4.79 Å². The van der Waals surface area contributed by atoms with Crippen LogP contribution in [0.5, 0.6) is 0 Å². The minimum atomic E-state index is -0.289. The van der Waals surface area contributed by atoms with Gasteiger partial charge in [0.2, 0.25) is 0 Å². The van der Waals surface area contributed by atoms with Crippen molar-refractivity contribution in [2.75, 3.05) is 49.9 Å². The minimum absolute atomic E-state index is 0.0706. The summed E-state index contributed by atoms with van der Waals surface area (Å²) in [6, 6.07) is 13.9. The zero-order valence-corrected chi connectivity index (χ0v) is 23.9. The van der Waals surface area contributed by atoms with E-state index in [0.717, 1.165) is 54.3 Å². The maximum Gasteiger partial charge on any atom is 0.318 e. The van der Waals surface area contributed by atoms with Crippen LogP contribution >= 0.6 is 11.6 Å². The monoisotopic (exact) mass is 538 g/mol. The first-order valence-corrected chi connectivity index (χ1v) is 13.6. The first kappa shape index (κ1) is 27.7. The fourth-order valence-electron chi connectivity index (χ4n) is 5.18. The summed E-state index contributed by atoms with van der Waals surface area (Å²) in [4.78, 5) is 16.9. The molecule has 7 nitrogen and oxygen atoms in total. The Morgan fingerprint density at radius 3 is 2.58 bits per heavy atom. The van der Waals surface area contributed by atoms with Crippen molar-refractivity contribution in [1.82, 2.24) is 5.32 Å². The summed E-state index contributed by atoms with van der Waals surface area (Å²) < 4.78 is 12.1. The number of anilines is 3. The van der Waals surface area contributed by atoms with Crippen LogP contribution in [0.3, 0.4) is 0 Å². The number of rotatable bonds is 8. The highest BCUT2D eigenvalue weighted by molar-refractivity contribution is 6.31. The number of ether oxygens (including phenoxy) is 2. The number of benzene rings is 2. The molecular weight excluding hydrogens is 500 g/mol. The highest BCUT2D eigenvalue weighted by atomic mass is 35.5. The van der Waals surface area contributed by atoms with Gasteiger partial charge in [0.1, 0.15) is 5.76 Å². The second-order valence-electron chi connectivity index (χ2n) is 10.1. The number of methoxy groups -OCH3 is 1. The molecule has 2 aromatic carbocycles. The normalized spacial score (nSPS) is 19.8. The molecule has 2 aliphatic rings. The lowest BCUT2D eigenvalue weighted by molar-refractivity contribution is 0.111. The van der Waals surface area contributed by atoms with Gasteiger partial charge in [-0.2, -0.15) is 0 Å². The van der Waals surface area contributed by atoms with E-state index in [1.165, 1.54) is 5.57 Å². The van der Waals surface area contributed by atoms with Gasteiger partial charge in [0.15, 0.2) is 5.76 Å². The molecule has 0 aromatic heterocycles. The van der Waals surface area contributed by atoms with Crippen molar-refractivity contribution in [3.05, 3.63) is 76.2 Å². The molecule has 0 bridgehead atoms. The van der Waals surface area contributed by atoms with Gasteiger partial charge in [-0.1, -0.05) is 24.6 Å². The lowest BCUT2D eigenvalue weighted by Crippen LogP contribution is -2.40. The molecule has 3 atom stereocenters. The number of fused-ring (bicyclic) bond motifs is 1. The number of allylic oxidation sites excluding steroid dienone is 2. The number of urea groups is 1. The first-order chi connectivity index (χ1) is 18.2.